The fourth-order valence-electron chi connectivity index (χ4n) is 4.58. The number of hydrogen-bond acceptors (Lipinski definition) is 7. The maximum atomic E-state index is 12.8. The molecule has 0 aliphatic carbocycles. The highest BCUT2D eigenvalue weighted by Crippen LogP contribution is 2.27. The smallest absolute Gasteiger partial charge is 0.232 e. The maximum absolute atomic E-state index is 12.8. The predicted octanol–water partition coefficient (Wildman–Crippen LogP) is 2.90. The van der Waals surface area contributed by atoms with Crippen LogP contribution in [0.5, 0.6) is 0 Å². The summed E-state index contributed by atoms with van der Waals surface area (Å²) in [5, 5.41) is 12.9. The standard InChI is InChI=1S/C26H32N6O2S/c1-20-7-9-23(10-8-20)32-25(31-13-15-34-16-14-31)28-29-26(32)35-19-24(33)27-22-11-12-30(18-22)17-21-5-3-2-4-6-21/h2-10,22H,11-19H2,1H3,(H,27,33). The van der Waals surface area contributed by atoms with Crippen LogP contribution in [0, 0.1) is 6.92 Å². The van der Waals surface area contributed by atoms with Gasteiger partial charge in [-0.25, -0.2) is 0 Å². The van der Waals surface area contributed by atoms with Gasteiger partial charge in [0.2, 0.25) is 11.9 Å². The molecule has 0 saturated carbocycles. The van der Waals surface area contributed by atoms with Crippen LogP contribution in [0.15, 0.2) is 59.8 Å². The summed E-state index contributed by atoms with van der Waals surface area (Å²) in [6.07, 6.45) is 0.976. The Labute approximate surface area is 210 Å². The minimum Gasteiger partial charge on any atom is -0.378 e. The summed E-state index contributed by atoms with van der Waals surface area (Å²) >= 11 is 1.43. The third kappa shape index (κ3) is 6.04. The summed E-state index contributed by atoms with van der Waals surface area (Å²) in [5.74, 6) is 1.14. The van der Waals surface area contributed by atoms with Crippen molar-refractivity contribution in [2.75, 3.05) is 50.0 Å². The molecule has 1 N–H and O–H groups in total. The third-order valence-electron chi connectivity index (χ3n) is 6.42. The molecule has 3 heterocycles. The molecule has 184 valence electrons. The number of morpholine rings is 1. The maximum Gasteiger partial charge on any atom is 0.232 e. The highest BCUT2D eigenvalue weighted by Gasteiger charge is 2.25. The van der Waals surface area contributed by atoms with Crippen molar-refractivity contribution in [3.05, 3.63) is 65.7 Å². The zero-order valence-electron chi connectivity index (χ0n) is 20.1. The number of carbonyl (C=O) groups excluding carboxylic acids is 1. The van der Waals surface area contributed by atoms with E-state index in [2.05, 4.69) is 85.3 Å². The molecule has 3 aromatic rings. The van der Waals surface area contributed by atoms with E-state index in [4.69, 9.17) is 4.74 Å². The van der Waals surface area contributed by atoms with Crippen molar-refractivity contribution in [2.24, 2.45) is 0 Å². The molecule has 2 aliphatic heterocycles. The molecule has 1 aromatic heterocycles. The summed E-state index contributed by atoms with van der Waals surface area (Å²) in [6.45, 7) is 7.77. The average molecular weight is 493 g/mol. The van der Waals surface area contributed by atoms with Gasteiger partial charge in [-0.05, 0) is 31.0 Å². The summed E-state index contributed by atoms with van der Waals surface area (Å²) in [7, 11) is 0. The van der Waals surface area contributed by atoms with E-state index < -0.39 is 0 Å². The number of benzene rings is 2. The first kappa shape index (κ1) is 23.8. The van der Waals surface area contributed by atoms with Gasteiger partial charge in [-0.1, -0.05) is 59.8 Å². The highest BCUT2D eigenvalue weighted by molar-refractivity contribution is 7.99. The van der Waals surface area contributed by atoms with Crippen molar-refractivity contribution < 1.29 is 9.53 Å². The average Bonchev–Trinajstić information content (AvgIpc) is 3.51. The van der Waals surface area contributed by atoms with Crippen LogP contribution in [0.2, 0.25) is 0 Å². The van der Waals surface area contributed by atoms with Crippen molar-refractivity contribution in [1.29, 1.82) is 0 Å². The number of amides is 1. The Bertz CT molecular complexity index is 1110. The molecule has 2 saturated heterocycles. The lowest BCUT2D eigenvalue weighted by Gasteiger charge is -2.28. The van der Waals surface area contributed by atoms with Crippen LogP contribution in [0.3, 0.4) is 0 Å². The SMILES string of the molecule is Cc1ccc(-n2c(SCC(=O)NC3CCN(Cc4ccccc4)C3)nnc2N2CCOCC2)cc1. The van der Waals surface area contributed by atoms with Gasteiger partial charge < -0.3 is 15.0 Å². The van der Waals surface area contributed by atoms with Crippen molar-refractivity contribution >= 4 is 23.6 Å². The van der Waals surface area contributed by atoms with Crippen LogP contribution in [0.25, 0.3) is 5.69 Å². The minimum absolute atomic E-state index is 0.0351. The van der Waals surface area contributed by atoms with Gasteiger partial charge in [-0.3, -0.25) is 14.3 Å². The Morgan fingerprint density at radius 1 is 1.06 bits per heavy atom. The van der Waals surface area contributed by atoms with Gasteiger partial charge in [-0.15, -0.1) is 10.2 Å². The Morgan fingerprint density at radius 3 is 2.60 bits per heavy atom. The second-order valence-electron chi connectivity index (χ2n) is 9.12. The first-order valence-corrected chi connectivity index (χ1v) is 13.2. The predicted molar refractivity (Wildman–Crippen MR) is 138 cm³/mol. The quantitative estimate of drug-likeness (QED) is 0.485. The Kier molecular flexibility index (Phi) is 7.66. The highest BCUT2D eigenvalue weighted by atomic mass is 32.2. The lowest BCUT2D eigenvalue weighted by molar-refractivity contribution is -0.119. The third-order valence-corrected chi connectivity index (χ3v) is 7.35. The lowest BCUT2D eigenvalue weighted by Crippen LogP contribution is -2.38. The number of rotatable bonds is 8. The van der Waals surface area contributed by atoms with Crippen LogP contribution < -0.4 is 10.2 Å². The number of nitrogens with one attached hydrogen (secondary N) is 1. The summed E-state index contributed by atoms with van der Waals surface area (Å²) in [4.78, 5) is 17.4. The van der Waals surface area contributed by atoms with Crippen LogP contribution in [0.4, 0.5) is 5.95 Å². The Morgan fingerprint density at radius 2 is 1.83 bits per heavy atom. The molecular formula is C26H32N6O2S. The number of nitrogens with zero attached hydrogens (tertiary/aromatic N) is 5. The van der Waals surface area contributed by atoms with Crippen LogP contribution >= 0.6 is 11.8 Å². The molecular weight excluding hydrogens is 460 g/mol. The number of hydrogen-bond donors (Lipinski definition) is 1. The van der Waals surface area contributed by atoms with Gasteiger partial charge in [0.05, 0.1) is 24.7 Å². The molecule has 2 aliphatic rings. The van der Waals surface area contributed by atoms with E-state index in [1.807, 2.05) is 6.07 Å². The molecule has 8 nitrogen and oxygen atoms in total. The Hall–Kier alpha value is -2.88. The first-order chi connectivity index (χ1) is 17.2. The fourth-order valence-corrected chi connectivity index (χ4v) is 5.34. The summed E-state index contributed by atoms with van der Waals surface area (Å²) in [6, 6.07) is 19.0. The topological polar surface area (TPSA) is 75.5 Å². The molecule has 35 heavy (non-hydrogen) atoms. The van der Waals surface area contributed by atoms with Gasteiger partial charge >= 0.3 is 0 Å². The van der Waals surface area contributed by atoms with E-state index in [-0.39, 0.29) is 11.9 Å². The first-order valence-electron chi connectivity index (χ1n) is 12.2. The largest absolute Gasteiger partial charge is 0.378 e. The molecule has 1 amide bonds. The van der Waals surface area contributed by atoms with E-state index in [1.165, 1.54) is 22.9 Å². The van der Waals surface area contributed by atoms with E-state index in [9.17, 15) is 4.79 Å². The zero-order valence-corrected chi connectivity index (χ0v) is 20.9. The Balaban J connectivity index is 1.21. The van der Waals surface area contributed by atoms with E-state index in [0.29, 0.717) is 19.0 Å². The number of anilines is 1. The van der Waals surface area contributed by atoms with Crippen LogP contribution in [-0.2, 0) is 16.1 Å². The van der Waals surface area contributed by atoms with E-state index in [1.54, 1.807) is 0 Å². The molecule has 1 unspecified atom stereocenters. The van der Waals surface area contributed by atoms with E-state index >= 15 is 0 Å². The summed E-state index contributed by atoms with van der Waals surface area (Å²) < 4.78 is 7.57. The van der Waals surface area contributed by atoms with Crippen molar-refractivity contribution in [3.8, 4) is 5.69 Å². The minimum atomic E-state index is 0.0351. The summed E-state index contributed by atoms with van der Waals surface area (Å²) in [5.41, 5.74) is 3.50. The number of likely N-dealkylation sites (tertiary alicyclic amines) is 1. The number of aromatic nitrogens is 3. The normalized spacial score (nSPS) is 18.7. The van der Waals surface area contributed by atoms with Gasteiger partial charge in [0, 0.05) is 38.8 Å². The zero-order chi connectivity index (χ0) is 24.0. The molecule has 5 rings (SSSR count). The van der Waals surface area contributed by atoms with Gasteiger partial charge in [0.1, 0.15) is 0 Å². The van der Waals surface area contributed by atoms with Crippen LogP contribution in [0.1, 0.15) is 17.5 Å². The molecule has 1 atom stereocenters. The molecule has 9 heteroatoms. The molecule has 0 spiro atoms. The lowest BCUT2D eigenvalue weighted by atomic mass is 10.2. The molecule has 2 aromatic carbocycles. The monoisotopic (exact) mass is 492 g/mol. The molecule has 2 fully saturated rings. The van der Waals surface area contributed by atoms with Gasteiger partial charge in [0.25, 0.3) is 0 Å². The van der Waals surface area contributed by atoms with Crippen molar-refractivity contribution in [2.45, 2.75) is 31.1 Å². The second-order valence-corrected chi connectivity index (χ2v) is 10.1. The fraction of sp³-hybridized carbons (Fsp3) is 0.423. The van der Waals surface area contributed by atoms with E-state index in [0.717, 1.165) is 55.9 Å². The molecule has 0 radical (unpaired) electrons. The van der Waals surface area contributed by atoms with Gasteiger partial charge in [0.15, 0.2) is 5.16 Å². The number of aryl methyl sites for hydroxylation is 1. The second kappa shape index (κ2) is 11.2. The number of ether oxygens (including phenoxy) is 1. The van der Waals surface area contributed by atoms with Crippen LogP contribution in [-0.4, -0.2) is 76.8 Å². The molecule has 0 bridgehead atoms. The number of carbonyl (C=O) groups is 1. The van der Waals surface area contributed by atoms with Gasteiger partial charge in [-0.2, -0.15) is 0 Å². The number of thioether (sulfide) groups is 1. The van der Waals surface area contributed by atoms with Crippen molar-refractivity contribution in [1.82, 2.24) is 25.0 Å². The van der Waals surface area contributed by atoms with Crippen molar-refractivity contribution in [3.63, 3.8) is 0 Å².